The van der Waals surface area contributed by atoms with Crippen LogP contribution >= 0.6 is 0 Å². The van der Waals surface area contributed by atoms with Crippen LogP contribution in [-0.2, 0) is 21.5 Å². The van der Waals surface area contributed by atoms with Crippen molar-refractivity contribution in [3.05, 3.63) is 17.8 Å². The Kier molecular flexibility index (Phi) is 7.70. The Balaban J connectivity index is 2.65. The highest BCUT2D eigenvalue weighted by Gasteiger charge is 2.19. The number of carbonyl (C=O) groups is 1. The van der Waals surface area contributed by atoms with Gasteiger partial charge in [-0.15, -0.1) is 0 Å². The number of ether oxygens (including phenoxy) is 1. The first-order valence-corrected chi connectivity index (χ1v) is 7.90. The number of methoxy groups -OCH3 is 1. The highest BCUT2D eigenvalue weighted by Crippen LogP contribution is 2.22. The summed E-state index contributed by atoms with van der Waals surface area (Å²) in [6.07, 6.45) is 1.74. The molecule has 0 unspecified atom stereocenters. The summed E-state index contributed by atoms with van der Waals surface area (Å²) in [7, 11) is 5.02. The maximum Gasteiger partial charge on any atom is 0.243 e. The summed E-state index contributed by atoms with van der Waals surface area (Å²) < 4.78 is 10.7. The standard InChI is InChI=1S/C16H29N5O3/c1-16(2,3)12-9-18-13(24-12)10-19-15(17-7-8-23-6)20-11-14(22)21(4)5/h9H,7-8,10-11H2,1-6H3,(H2,17,19,20). The molecule has 0 fully saturated rings. The summed E-state index contributed by atoms with van der Waals surface area (Å²) in [6.45, 7) is 7.76. The third-order valence-corrected chi connectivity index (χ3v) is 3.17. The van der Waals surface area contributed by atoms with Crippen LogP contribution in [0.2, 0.25) is 0 Å². The molecule has 0 aliphatic heterocycles. The molecule has 0 aromatic carbocycles. The van der Waals surface area contributed by atoms with Gasteiger partial charge in [0.15, 0.2) is 5.96 Å². The molecule has 0 atom stereocenters. The SMILES string of the molecule is COCCNC(=NCC(=O)N(C)C)NCc1ncc(C(C)(C)C)o1. The van der Waals surface area contributed by atoms with Crippen molar-refractivity contribution in [1.82, 2.24) is 20.5 Å². The zero-order valence-electron chi connectivity index (χ0n) is 15.5. The molecule has 1 heterocycles. The molecule has 2 N–H and O–H groups in total. The molecule has 24 heavy (non-hydrogen) atoms. The molecule has 1 amide bonds. The lowest BCUT2D eigenvalue weighted by Crippen LogP contribution is -2.39. The largest absolute Gasteiger partial charge is 0.443 e. The number of guanidine groups is 1. The van der Waals surface area contributed by atoms with Crippen molar-refractivity contribution in [3.8, 4) is 0 Å². The van der Waals surface area contributed by atoms with E-state index in [1.807, 2.05) is 0 Å². The molecule has 0 bridgehead atoms. The summed E-state index contributed by atoms with van der Waals surface area (Å²) >= 11 is 0. The van der Waals surface area contributed by atoms with Gasteiger partial charge < -0.3 is 24.7 Å². The fraction of sp³-hybridized carbons (Fsp3) is 0.688. The van der Waals surface area contributed by atoms with Gasteiger partial charge in [0, 0.05) is 33.2 Å². The van der Waals surface area contributed by atoms with Gasteiger partial charge in [0.25, 0.3) is 0 Å². The van der Waals surface area contributed by atoms with Crippen molar-refractivity contribution in [2.45, 2.75) is 32.7 Å². The Morgan fingerprint density at radius 2 is 2.08 bits per heavy atom. The minimum atomic E-state index is -0.0863. The van der Waals surface area contributed by atoms with Gasteiger partial charge in [-0.1, -0.05) is 20.8 Å². The van der Waals surface area contributed by atoms with E-state index in [-0.39, 0.29) is 17.9 Å². The summed E-state index contributed by atoms with van der Waals surface area (Å²) in [5.41, 5.74) is -0.0863. The second kappa shape index (κ2) is 9.27. The Hall–Kier alpha value is -2.09. The minimum Gasteiger partial charge on any atom is -0.443 e. The molecule has 8 heteroatoms. The molecule has 0 spiro atoms. The quantitative estimate of drug-likeness (QED) is 0.432. The van der Waals surface area contributed by atoms with Gasteiger partial charge in [0.1, 0.15) is 12.3 Å². The molecule has 1 aromatic heterocycles. The highest BCUT2D eigenvalue weighted by molar-refractivity contribution is 5.84. The summed E-state index contributed by atoms with van der Waals surface area (Å²) in [6, 6.07) is 0. The number of likely N-dealkylation sites (N-methyl/N-ethyl adjacent to an activating group) is 1. The van der Waals surface area contributed by atoms with Crippen molar-refractivity contribution in [1.29, 1.82) is 0 Å². The van der Waals surface area contributed by atoms with Crippen LogP contribution in [0.4, 0.5) is 0 Å². The first kappa shape index (κ1) is 20.0. The van der Waals surface area contributed by atoms with Crippen molar-refractivity contribution in [2.75, 3.05) is 40.9 Å². The number of nitrogens with zero attached hydrogens (tertiary/aromatic N) is 3. The zero-order chi connectivity index (χ0) is 18.2. The van der Waals surface area contributed by atoms with E-state index in [1.165, 1.54) is 4.90 Å². The van der Waals surface area contributed by atoms with Crippen molar-refractivity contribution < 1.29 is 13.9 Å². The molecule has 0 aliphatic rings. The average molecular weight is 339 g/mol. The predicted molar refractivity (Wildman–Crippen MR) is 92.9 cm³/mol. The van der Waals surface area contributed by atoms with Crippen LogP contribution in [0.1, 0.15) is 32.4 Å². The molecule has 1 rings (SSSR count). The number of nitrogens with one attached hydrogen (secondary N) is 2. The summed E-state index contributed by atoms with van der Waals surface area (Å²) in [5, 5.41) is 6.21. The topological polar surface area (TPSA) is 92.0 Å². The number of aliphatic imine (C=N–C) groups is 1. The number of hydrogen-bond donors (Lipinski definition) is 2. The highest BCUT2D eigenvalue weighted by atomic mass is 16.5. The van der Waals surface area contributed by atoms with Crippen LogP contribution in [0.3, 0.4) is 0 Å². The van der Waals surface area contributed by atoms with Crippen LogP contribution in [-0.4, -0.2) is 62.7 Å². The van der Waals surface area contributed by atoms with Crippen LogP contribution in [0.25, 0.3) is 0 Å². The van der Waals surface area contributed by atoms with Crippen molar-refractivity contribution >= 4 is 11.9 Å². The first-order chi connectivity index (χ1) is 11.2. The lowest BCUT2D eigenvalue weighted by molar-refractivity contribution is -0.127. The Morgan fingerprint density at radius 3 is 2.62 bits per heavy atom. The van der Waals surface area contributed by atoms with Gasteiger partial charge in [-0.25, -0.2) is 9.98 Å². The van der Waals surface area contributed by atoms with Crippen LogP contribution in [0.5, 0.6) is 0 Å². The van der Waals surface area contributed by atoms with Gasteiger partial charge in [-0.2, -0.15) is 0 Å². The maximum absolute atomic E-state index is 11.7. The zero-order valence-corrected chi connectivity index (χ0v) is 15.5. The van der Waals surface area contributed by atoms with Gasteiger partial charge in [0.2, 0.25) is 11.8 Å². The monoisotopic (exact) mass is 339 g/mol. The number of hydrogen-bond acceptors (Lipinski definition) is 5. The molecule has 0 radical (unpaired) electrons. The maximum atomic E-state index is 11.7. The Bertz CT molecular complexity index is 546. The number of oxazole rings is 1. The molecule has 8 nitrogen and oxygen atoms in total. The van der Waals surface area contributed by atoms with Gasteiger partial charge in [-0.05, 0) is 0 Å². The third-order valence-electron chi connectivity index (χ3n) is 3.17. The lowest BCUT2D eigenvalue weighted by atomic mass is 9.94. The molecule has 0 saturated carbocycles. The molecule has 0 saturated heterocycles. The molecule has 0 aliphatic carbocycles. The first-order valence-electron chi connectivity index (χ1n) is 7.90. The number of aromatic nitrogens is 1. The van der Waals surface area contributed by atoms with Crippen LogP contribution in [0, 0.1) is 0 Å². The van der Waals surface area contributed by atoms with E-state index in [2.05, 4.69) is 41.4 Å². The molecule has 1 aromatic rings. The van der Waals surface area contributed by atoms with Gasteiger partial charge in [-0.3, -0.25) is 4.79 Å². The van der Waals surface area contributed by atoms with E-state index in [1.54, 1.807) is 27.4 Å². The van der Waals surface area contributed by atoms with E-state index < -0.39 is 0 Å². The van der Waals surface area contributed by atoms with E-state index in [4.69, 9.17) is 9.15 Å². The predicted octanol–water partition coefficient (Wildman–Crippen LogP) is 0.742. The summed E-state index contributed by atoms with van der Waals surface area (Å²) in [4.78, 5) is 21.7. The number of carbonyl (C=O) groups excluding carboxylic acids is 1. The van der Waals surface area contributed by atoms with E-state index >= 15 is 0 Å². The third kappa shape index (κ3) is 6.99. The smallest absolute Gasteiger partial charge is 0.243 e. The second-order valence-electron chi connectivity index (χ2n) is 6.59. The molecular weight excluding hydrogens is 310 g/mol. The van der Waals surface area contributed by atoms with Crippen molar-refractivity contribution in [2.24, 2.45) is 4.99 Å². The molecule has 136 valence electrons. The number of amides is 1. The Morgan fingerprint density at radius 1 is 1.38 bits per heavy atom. The van der Waals surface area contributed by atoms with Crippen LogP contribution in [0.15, 0.2) is 15.6 Å². The van der Waals surface area contributed by atoms with Crippen molar-refractivity contribution in [3.63, 3.8) is 0 Å². The lowest BCUT2D eigenvalue weighted by Gasteiger charge is -2.14. The van der Waals surface area contributed by atoms with Gasteiger partial charge in [0.05, 0.1) is 19.3 Å². The van der Waals surface area contributed by atoms with E-state index in [0.29, 0.717) is 31.5 Å². The molecular formula is C16H29N5O3. The minimum absolute atomic E-state index is 0.0636. The normalized spacial score (nSPS) is 12.2. The number of rotatable bonds is 7. The average Bonchev–Trinajstić information content (AvgIpc) is 2.98. The second-order valence-corrected chi connectivity index (χ2v) is 6.59. The fourth-order valence-corrected chi connectivity index (χ4v) is 1.63. The van der Waals surface area contributed by atoms with E-state index in [0.717, 1.165) is 5.76 Å². The van der Waals surface area contributed by atoms with Crippen LogP contribution < -0.4 is 10.6 Å². The van der Waals surface area contributed by atoms with Gasteiger partial charge >= 0.3 is 0 Å². The summed E-state index contributed by atoms with van der Waals surface area (Å²) in [5.74, 6) is 1.83. The Labute approximate surface area is 143 Å². The van der Waals surface area contributed by atoms with E-state index in [9.17, 15) is 4.79 Å². The fourth-order valence-electron chi connectivity index (χ4n) is 1.63.